The fourth-order valence-corrected chi connectivity index (χ4v) is 2.76. The van der Waals surface area contributed by atoms with Crippen molar-refractivity contribution >= 4 is 15.9 Å². The lowest BCUT2D eigenvalue weighted by molar-refractivity contribution is 0.0279. The quantitative estimate of drug-likeness (QED) is 0.803. The zero-order chi connectivity index (χ0) is 13.9. The minimum atomic E-state index is 0.0740. The molecular formula is C15H18BrN3O. The minimum absolute atomic E-state index is 0.0740. The highest BCUT2D eigenvalue weighted by atomic mass is 79.9. The van der Waals surface area contributed by atoms with Gasteiger partial charge in [-0.2, -0.15) is 0 Å². The zero-order valence-electron chi connectivity index (χ0n) is 11.5. The molecule has 2 atom stereocenters. The molecule has 0 saturated heterocycles. The molecule has 2 unspecified atom stereocenters. The molecule has 0 aliphatic carbocycles. The third kappa shape index (κ3) is 2.79. The molecule has 0 radical (unpaired) electrons. The van der Waals surface area contributed by atoms with Crippen molar-refractivity contribution in [2.45, 2.75) is 37.2 Å². The molecule has 20 heavy (non-hydrogen) atoms. The maximum atomic E-state index is 5.90. The van der Waals surface area contributed by atoms with Gasteiger partial charge in [-0.15, -0.1) is 5.10 Å². The van der Waals surface area contributed by atoms with Crippen LogP contribution in [0.5, 0.6) is 0 Å². The van der Waals surface area contributed by atoms with Crippen molar-refractivity contribution in [3.8, 4) is 0 Å². The molecule has 0 fully saturated rings. The van der Waals surface area contributed by atoms with E-state index in [1.54, 1.807) is 0 Å². The van der Waals surface area contributed by atoms with Gasteiger partial charge < -0.3 is 4.74 Å². The fourth-order valence-electron chi connectivity index (χ4n) is 2.55. The molecule has 0 bridgehead atoms. The van der Waals surface area contributed by atoms with Crippen LogP contribution in [0.2, 0.25) is 0 Å². The van der Waals surface area contributed by atoms with Crippen molar-refractivity contribution in [2.24, 2.45) is 0 Å². The normalized spacial score (nSPS) is 19.6. The van der Waals surface area contributed by atoms with Crippen LogP contribution in [0.4, 0.5) is 0 Å². The van der Waals surface area contributed by atoms with Gasteiger partial charge in [-0.05, 0) is 24.0 Å². The Balaban J connectivity index is 1.77. The van der Waals surface area contributed by atoms with Crippen LogP contribution >= 0.6 is 15.9 Å². The molecule has 0 N–H and O–H groups in total. The number of halogens is 1. The van der Waals surface area contributed by atoms with Gasteiger partial charge in [-0.25, -0.2) is 4.68 Å². The monoisotopic (exact) mass is 335 g/mol. The molecule has 106 valence electrons. The average Bonchev–Trinajstić information content (AvgIpc) is 2.95. The van der Waals surface area contributed by atoms with Crippen molar-refractivity contribution in [1.29, 1.82) is 0 Å². The number of hydrogen-bond donors (Lipinski definition) is 0. The Morgan fingerprint density at radius 1 is 1.45 bits per heavy atom. The topological polar surface area (TPSA) is 39.9 Å². The van der Waals surface area contributed by atoms with Gasteiger partial charge in [0.1, 0.15) is 6.10 Å². The van der Waals surface area contributed by atoms with E-state index in [-0.39, 0.29) is 10.9 Å². The zero-order valence-corrected chi connectivity index (χ0v) is 13.1. The maximum absolute atomic E-state index is 5.90. The molecule has 3 rings (SSSR count). The Labute approximate surface area is 127 Å². The first-order chi connectivity index (χ1) is 9.78. The van der Waals surface area contributed by atoms with Crippen LogP contribution in [0.25, 0.3) is 0 Å². The largest absolute Gasteiger partial charge is 0.371 e. The summed E-state index contributed by atoms with van der Waals surface area (Å²) in [6, 6.07) is 8.49. The van der Waals surface area contributed by atoms with Crippen molar-refractivity contribution in [2.75, 3.05) is 6.61 Å². The van der Waals surface area contributed by atoms with E-state index in [9.17, 15) is 0 Å². The number of alkyl halides is 1. The summed E-state index contributed by atoms with van der Waals surface area (Å²) >= 11 is 3.60. The van der Waals surface area contributed by atoms with Gasteiger partial charge in [0, 0.05) is 6.20 Å². The van der Waals surface area contributed by atoms with Crippen LogP contribution in [0.3, 0.4) is 0 Å². The van der Waals surface area contributed by atoms with Crippen LogP contribution in [0.1, 0.15) is 41.1 Å². The predicted octanol–water partition coefficient (Wildman–Crippen LogP) is 3.44. The van der Waals surface area contributed by atoms with Crippen LogP contribution < -0.4 is 0 Å². The smallest absolute Gasteiger partial charge is 0.102 e. The molecule has 0 amide bonds. The third-order valence-corrected chi connectivity index (χ3v) is 4.80. The standard InChI is InChI=1S/C15H18BrN3O/c1-2-13(16)14-9-19(18-17-14)10-15-12-6-4-3-5-11(12)7-8-20-15/h3-6,9,13,15H,2,7-8,10H2,1H3. The van der Waals surface area contributed by atoms with Gasteiger partial charge in [0.15, 0.2) is 0 Å². The summed E-state index contributed by atoms with van der Waals surface area (Å²) in [7, 11) is 0. The lowest BCUT2D eigenvalue weighted by Gasteiger charge is -2.25. The van der Waals surface area contributed by atoms with E-state index >= 15 is 0 Å². The Hall–Kier alpha value is -1.20. The lowest BCUT2D eigenvalue weighted by Crippen LogP contribution is -2.20. The van der Waals surface area contributed by atoms with Gasteiger partial charge in [-0.3, -0.25) is 0 Å². The summed E-state index contributed by atoms with van der Waals surface area (Å²) < 4.78 is 7.79. The van der Waals surface area contributed by atoms with Crippen molar-refractivity contribution in [3.63, 3.8) is 0 Å². The van der Waals surface area contributed by atoms with E-state index in [2.05, 4.69) is 57.4 Å². The minimum Gasteiger partial charge on any atom is -0.371 e. The summed E-state index contributed by atoms with van der Waals surface area (Å²) in [5.41, 5.74) is 3.65. The molecule has 5 heteroatoms. The molecule has 1 aromatic heterocycles. The SMILES string of the molecule is CCC(Br)c1cn(CC2OCCc3ccccc32)nn1. The predicted molar refractivity (Wildman–Crippen MR) is 80.8 cm³/mol. The number of rotatable bonds is 4. The Bertz CT molecular complexity index is 584. The summed E-state index contributed by atoms with van der Waals surface area (Å²) in [4.78, 5) is 0.274. The molecular weight excluding hydrogens is 318 g/mol. The summed E-state index contributed by atoms with van der Waals surface area (Å²) in [5, 5.41) is 8.43. The second kappa shape index (κ2) is 6.06. The molecule has 2 heterocycles. The second-order valence-corrected chi connectivity index (χ2v) is 6.15. The average molecular weight is 336 g/mol. The van der Waals surface area contributed by atoms with Gasteiger partial charge >= 0.3 is 0 Å². The highest BCUT2D eigenvalue weighted by molar-refractivity contribution is 9.09. The first-order valence-corrected chi connectivity index (χ1v) is 7.93. The van der Waals surface area contributed by atoms with E-state index < -0.39 is 0 Å². The Kier molecular flexibility index (Phi) is 4.17. The van der Waals surface area contributed by atoms with Crippen LogP contribution in [-0.2, 0) is 17.7 Å². The number of hydrogen-bond acceptors (Lipinski definition) is 3. The van der Waals surface area contributed by atoms with Crippen molar-refractivity contribution < 1.29 is 4.74 Å². The fraction of sp³-hybridized carbons (Fsp3) is 0.467. The van der Waals surface area contributed by atoms with Crippen LogP contribution in [0, 0.1) is 0 Å². The van der Waals surface area contributed by atoms with Gasteiger partial charge in [0.25, 0.3) is 0 Å². The highest BCUT2D eigenvalue weighted by Crippen LogP contribution is 2.29. The van der Waals surface area contributed by atoms with Gasteiger partial charge in [0.05, 0.1) is 23.7 Å². The third-order valence-electron chi connectivity index (χ3n) is 3.68. The Morgan fingerprint density at radius 3 is 3.15 bits per heavy atom. The second-order valence-electron chi connectivity index (χ2n) is 5.05. The summed E-state index contributed by atoms with van der Waals surface area (Å²) in [5.74, 6) is 0. The molecule has 4 nitrogen and oxygen atoms in total. The van der Waals surface area contributed by atoms with E-state index in [1.807, 2.05) is 10.9 Å². The van der Waals surface area contributed by atoms with Gasteiger partial charge in [0.2, 0.25) is 0 Å². The number of ether oxygens (including phenoxy) is 1. The number of fused-ring (bicyclic) bond motifs is 1. The molecule has 1 aliphatic rings. The summed E-state index contributed by atoms with van der Waals surface area (Å²) in [6.45, 7) is 3.62. The highest BCUT2D eigenvalue weighted by Gasteiger charge is 2.21. The molecule has 2 aromatic rings. The first kappa shape index (κ1) is 13.8. The molecule has 0 saturated carbocycles. The van der Waals surface area contributed by atoms with E-state index in [1.165, 1.54) is 11.1 Å². The van der Waals surface area contributed by atoms with Crippen molar-refractivity contribution in [1.82, 2.24) is 15.0 Å². The Morgan fingerprint density at radius 2 is 2.30 bits per heavy atom. The van der Waals surface area contributed by atoms with Crippen molar-refractivity contribution in [3.05, 3.63) is 47.3 Å². The maximum Gasteiger partial charge on any atom is 0.102 e. The molecule has 1 aromatic carbocycles. The lowest BCUT2D eigenvalue weighted by atomic mass is 9.98. The number of nitrogens with zero attached hydrogens (tertiary/aromatic N) is 3. The van der Waals surface area contributed by atoms with Crippen LogP contribution in [0.15, 0.2) is 30.5 Å². The molecule has 1 aliphatic heterocycles. The van der Waals surface area contributed by atoms with E-state index in [0.29, 0.717) is 6.54 Å². The van der Waals surface area contributed by atoms with E-state index in [0.717, 1.165) is 25.1 Å². The van der Waals surface area contributed by atoms with Crippen LogP contribution in [-0.4, -0.2) is 21.6 Å². The number of aromatic nitrogens is 3. The number of benzene rings is 1. The first-order valence-electron chi connectivity index (χ1n) is 7.01. The van der Waals surface area contributed by atoms with Gasteiger partial charge in [-0.1, -0.05) is 52.3 Å². The summed E-state index contributed by atoms with van der Waals surface area (Å²) in [6.07, 6.45) is 4.07. The molecule has 0 spiro atoms. The van der Waals surface area contributed by atoms with E-state index in [4.69, 9.17) is 4.74 Å².